The maximum Gasteiger partial charge on any atom is 0.215 e. The Hall–Kier alpha value is -1.82. The summed E-state index contributed by atoms with van der Waals surface area (Å²) in [7, 11) is 1.57. The average Bonchev–Trinajstić information content (AvgIpc) is 2.81. The van der Waals surface area contributed by atoms with Crippen molar-refractivity contribution in [1.29, 1.82) is 0 Å². The highest BCUT2D eigenvalue weighted by Gasteiger charge is 2.03. The molecule has 0 bridgehead atoms. The number of ether oxygens (including phenoxy) is 1. The second-order valence-corrected chi connectivity index (χ2v) is 4.05. The van der Waals surface area contributed by atoms with Crippen LogP contribution in [0.5, 0.6) is 5.88 Å². The second kappa shape index (κ2) is 4.80. The van der Waals surface area contributed by atoms with Crippen molar-refractivity contribution in [1.82, 2.24) is 9.97 Å². The van der Waals surface area contributed by atoms with Crippen LogP contribution in [0, 0.1) is 0 Å². The first-order valence-electron chi connectivity index (χ1n) is 4.72. The average molecular weight is 236 g/mol. The number of hydrogen-bond donors (Lipinski definition) is 2. The Morgan fingerprint density at radius 3 is 3.06 bits per heavy atom. The molecule has 6 heteroatoms. The molecule has 0 radical (unpaired) electrons. The van der Waals surface area contributed by atoms with Gasteiger partial charge in [-0.3, -0.25) is 0 Å². The van der Waals surface area contributed by atoms with Gasteiger partial charge < -0.3 is 15.8 Å². The Morgan fingerprint density at radius 2 is 2.38 bits per heavy atom. The predicted molar refractivity (Wildman–Crippen MR) is 64.6 cm³/mol. The molecule has 0 unspecified atom stereocenters. The van der Waals surface area contributed by atoms with Gasteiger partial charge in [0.25, 0.3) is 0 Å². The van der Waals surface area contributed by atoms with Gasteiger partial charge in [0.15, 0.2) is 5.82 Å². The van der Waals surface area contributed by atoms with E-state index in [1.807, 2.05) is 5.38 Å². The number of nitrogens with two attached hydrogens (primary N) is 1. The highest BCUT2D eigenvalue weighted by Crippen LogP contribution is 2.20. The summed E-state index contributed by atoms with van der Waals surface area (Å²) in [5.74, 6) is 1.16. The van der Waals surface area contributed by atoms with Crippen LogP contribution in [0.3, 0.4) is 0 Å². The van der Waals surface area contributed by atoms with E-state index >= 15 is 0 Å². The summed E-state index contributed by atoms with van der Waals surface area (Å²) in [6.07, 6.45) is 1.77. The monoisotopic (exact) mass is 236 g/mol. The number of nitrogens with zero attached hydrogens (tertiary/aromatic N) is 2. The Balaban J connectivity index is 2.08. The van der Waals surface area contributed by atoms with E-state index in [0.717, 1.165) is 5.01 Å². The third-order valence-electron chi connectivity index (χ3n) is 2.00. The molecule has 0 atom stereocenters. The maximum atomic E-state index is 5.79. The fraction of sp³-hybridized carbons (Fsp3) is 0.200. The van der Waals surface area contributed by atoms with Crippen LogP contribution in [-0.2, 0) is 6.54 Å². The molecular weight excluding hydrogens is 224 g/mol. The summed E-state index contributed by atoms with van der Waals surface area (Å²) in [4.78, 5) is 8.37. The Bertz CT molecular complexity index is 458. The summed E-state index contributed by atoms with van der Waals surface area (Å²) in [6, 6.07) is 3.49. The van der Waals surface area contributed by atoms with Crippen LogP contribution in [0.4, 0.5) is 11.5 Å². The standard InChI is InChI=1S/C10H12N4OS/c1-15-8-3-2-7(11)10(14-8)13-6-9-12-4-5-16-9/h2-5H,6,11H2,1H3,(H,13,14). The van der Waals surface area contributed by atoms with Gasteiger partial charge in [-0.2, -0.15) is 4.98 Å². The number of nitrogen functional groups attached to an aromatic ring is 1. The predicted octanol–water partition coefficient (Wildman–Crippen LogP) is 1.74. The van der Waals surface area contributed by atoms with Gasteiger partial charge in [0.05, 0.1) is 19.3 Å². The van der Waals surface area contributed by atoms with Crippen LogP contribution in [-0.4, -0.2) is 17.1 Å². The summed E-state index contributed by atoms with van der Waals surface area (Å²) in [5, 5.41) is 6.04. The van der Waals surface area contributed by atoms with Crippen molar-refractivity contribution in [2.75, 3.05) is 18.2 Å². The van der Waals surface area contributed by atoms with Crippen molar-refractivity contribution >= 4 is 22.8 Å². The molecule has 0 aliphatic heterocycles. The molecule has 0 spiro atoms. The van der Waals surface area contributed by atoms with Crippen LogP contribution in [0.1, 0.15) is 5.01 Å². The quantitative estimate of drug-likeness (QED) is 0.846. The van der Waals surface area contributed by atoms with Crippen molar-refractivity contribution in [2.24, 2.45) is 0 Å². The normalized spacial score (nSPS) is 10.1. The molecule has 2 rings (SSSR count). The molecule has 3 N–H and O–H groups in total. The van der Waals surface area contributed by atoms with Crippen molar-refractivity contribution < 1.29 is 4.74 Å². The first-order valence-corrected chi connectivity index (χ1v) is 5.60. The topological polar surface area (TPSA) is 73.1 Å². The van der Waals surface area contributed by atoms with E-state index in [0.29, 0.717) is 23.9 Å². The smallest absolute Gasteiger partial charge is 0.215 e. The van der Waals surface area contributed by atoms with Crippen LogP contribution < -0.4 is 15.8 Å². The maximum absolute atomic E-state index is 5.79. The molecule has 0 aliphatic rings. The molecule has 2 aromatic heterocycles. The minimum Gasteiger partial charge on any atom is -0.481 e. The molecule has 0 saturated heterocycles. The van der Waals surface area contributed by atoms with Crippen molar-refractivity contribution in [3.8, 4) is 5.88 Å². The number of thiazole rings is 1. The van der Waals surface area contributed by atoms with Gasteiger partial charge >= 0.3 is 0 Å². The number of aromatic nitrogens is 2. The Labute approximate surface area is 97.3 Å². The fourth-order valence-corrected chi connectivity index (χ4v) is 1.76. The van der Waals surface area contributed by atoms with E-state index in [1.54, 1.807) is 36.8 Å². The van der Waals surface area contributed by atoms with E-state index in [4.69, 9.17) is 10.5 Å². The lowest BCUT2D eigenvalue weighted by molar-refractivity contribution is 0.398. The lowest BCUT2D eigenvalue weighted by atomic mass is 10.4. The van der Waals surface area contributed by atoms with Gasteiger partial charge in [0.1, 0.15) is 5.01 Å². The van der Waals surface area contributed by atoms with Gasteiger partial charge in [-0.1, -0.05) is 0 Å². The summed E-state index contributed by atoms with van der Waals surface area (Å²) in [6.45, 7) is 0.613. The van der Waals surface area contributed by atoms with Crippen molar-refractivity contribution in [3.05, 3.63) is 28.7 Å². The number of rotatable bonds is 4. The Morgan fingerprint density at radius 1 is 1.50 bits per heavy atom. The van der Waals surface area contributed by atoms with Gasteiger partial charge in [-0.05, 0) is 6.07 Å². The molecule has 2 heterocycles. The molecule has 0 aromatic carbocycles. The molecule has 2 aromatic rings. The van der Waals surface area contributed by atoms with Crippen LogP contribution in [0.2, 0.25) is 0 Å². The number of hydrogen-bond acceptors (Lipinski definition) is 6. The van der Waals surface area contributed by atoms with Gasteiger partial charge in [0, 0.05) is 17.6 Å². The largest absolute Gasteiger partial charge is 0.481 e. The molecule has 0 amide bonds. The first kappa shape index (κ1) is 10.7. The van der Waals surface area contributed by atoms with Crippen molar-refractivity contribution in [3.63, 3.8) is 0 Å². The lowest BCUT2D eigenvalue weighted by Crippen LogP contribution is -2.05. The third kappa shape index (κ3) is 2.40. The fourth-order valence-electron chi connectivity index (χ4n) is 1.21. The van der Waals surface area contributed by atoms with Crippen molar-refractivity contribution in [2.45, 2.75) is 6.54 Å². The number of nitrogens with one attached hydrogen (secondary N) is 1. The summed E-state index contributed by atoms with van der Waals surface area (Å²) in [5.41, 5.74) is 6.38. The molecule has 0 fully saturated rings. The molecule has 16 heavy (non-hydrogen) atoms. The molecule has 5 nitrogen and oxygen atoms in total. The van der Waals surface area contributed by atoms with Crippen LogP contribution >= 0.6 is 11.3 Å². The van der Waals surface area contributed by atoms with E-state index in [-0.39, 0.29) is 0 Å². The zero-order chi connectivity index (χ0) is 11.4. The molecule has 0 saturated carbocycles. The number of methoxy groups -OCH3 is 1. The zero-order valence-electron chi connectivity index (χ0n) is 8.80. The molecular formula is C10H12N4OS. The highest BCUT2D eigenvalue weighted by atomic mass is 32.1. The van der Waals surface area contributed by atoms with Gasteiger partial charge in [-0.15, -0.1) is 11.3 Å². The molecule has 84 valence electrons. The van der Waals surface area contributed by atoms with E-state index in [1.165, 1.54) is 0 Å². The third-order valence-corrected chi connectivity index (χ3v) is 2.78. The van der Waals surface area contributed by atoms with E-state index in [9.17, 15) is 0 Å². The van der Waals surface area contributed by atoms with Gasteiger partial charge in [-0.25, -0.2) is 4.98 Å². The molecule has 0 aliphatic carbocycles. The van der Waals surface area contributed by atoms with Crippen LogP contribution in [0.25, 0.3) is 0 Å². The van der Waals surface area contributed by atoms with E-state index in [2.05, 4.69) is 15.3 Å². The minimum atomic E-state index is 0.538. The minimum absolute atomic E-state index is 0.538. The zero-order valence-corrected chi connectivity index (χ0v) is 9.62. The Kier molecular flexibility index (Phi) is 3.21. The first-order chi connectivity index (χ1) is 7.79. The number of pyridine rings is 1. The summed E-state index contributed by atoms with van der Waals surface area (Å²) >= 11 is 1.58. The van der Waals surface area contributed by atoms with Crippen LogP contribution in [0.15, 0.2) is 23.7 Å². The van der Waals surface area contributed by atoms with Gasteiger partial charge in [0.2, 0.25) is 5.88 Å². The second-order valence-electron chi connectivity index (χ2n) is 3.07. The summed E-state index contributed by atoms with van der Waals surface area (Å²) < 4.78 is 5.03. The highest BCUT2D eigenvalue weighted by molar-refractivity contribution is 7.09. The lowest BCUT2D eigenvalue weighted by Gasteiger charge is -2.08. The SMILES string of the molecule is COc1ccc(N)c(NCc2nccs2)n1. The number of anilines is 2. The van der Waals surface area contributed by atoms with E-state index < -0.39 is 0 Å².